The molecule has 0 amide bonds. The summed E-state index contributed by atoms with van der Waals surface area (Å²) in [5.74, 6) is 0. The molecule has 0 fully saturated rings. The zero-order chi connectivity index (χ0) is 13.9. The number of rotatable bonds is 5. The van der Waals surface area contributed by atoms with Gasteiger partial charge >= 0.3 is 0 Å². The van der Waals surface area contributed by atoms with Crippen LogP contribution in [0.1, 0.15) is 38.4 Å². The molecule has 2 heterocycles. The van der Waals surface area contributed by atoms with Crippen molar-refractivity contribution < 1.29 is 0 Å². The minimum absolute atomic E-state index is 0.0159. The lowest BCUT2D eigenvalue weighted by Gasteiger charge is -2.15. The molecule has 0 saturated carbocycles. The molecule has 0 bridgehead atoms. The first kappa shape index (κ1) is 14.5. The maximum atomic E-state index is 4.28. The first-order chi connectivity index (χ1) is 9.02. The smallest absolute Gasteiger partial charge is 0.161 e. The topological polar surface area (TPSA) is 63.6 Å². The Labute approximate surface area is 121 Å². The van der Waals surface area contributed by atoms with E-state index in [9.17, 15) is 0 Å². The highest BCUT2D eigenvalue weighted by Crippen LogP contribution is 2.35. The molecule has 0 saturated heterocycles. The average Bonchev–Trinajstić information content (AvgIpc) is 2.96. The normalized spacial score (nSPS) is 12.0. The van der Waals surface area contributed by atoms with Gasteiger partial charge in [0, 0.05) is 18.4 Å². The van der Waals surface area contributed by atoms with Gasteiger partial charge in [0.05, 0.1) is 5.69 Å². The molecule has 5 nitrogen and oxygen atoms in total. The van der Waals surface area contributed by atoms with Gasteiger partial charge in [-0.3, -0.25) is 0 Å². The van der Waals surface area contributed by atoms with Crippen LogP contribution >= 0.6 is 22.9 Å². The van der Waals surface area contributed by atoms with E-state index in [1.165, 1.54) is 11.5 Å². The Hall–Kier alpha value is -0.920. The molecular weight excluding hydrogens is 278 g/mol. The zero-order valence-corrected chi connectivity index (χ0v) is 13.4. The van der Waals surface area contributed by atoms with Gasteiger partial charge in [0.25, 0.3) is 0 Å². The first-order valence-corrected chi connectivity index (χ1v) is 7.97. The molecule has 2 aromatic heterocycles. The highest BCUT2D eigenvalue weighted by Gasteiger charge is 2.25. The summed E-state index contributed by atoms with van der Waals surface area (Å²) in [5, 5.41) is 18.1. The minimum atomic E-state index is -0.0159. The highest BCUT2D eigenvalue weighted by atomic mass is 32.1. The van der Waals surface area contributed by atoms with Gasteiger partial charge in [0.2, 0.25) is 0 Å². The zero-order valence-electron chi connectivity index (χ0n) is 11.7. The number of nitrogens with one attached hydrogen (secondary N) is 1. The molecule has 1 N–H and O–H groups in total. The predicted octanol–water partition coefficient (Wildman–Crippen LogP) is 2.51. The van der Waals surface area contributed by atoms with Crippen LogP contribution in [-0.4, -0.2) is 32.9 Å². The van der Waals surface area contributed by atoms with Crippen LogP contribution in [0.15, 0.2) is 0 Å². The van der Waals surface area contributed by atoms with Crippen molar-refractivity contribution in [3.8, 4) is 9.88 Å². The second kappa shape index (κ2) is 6.02. The van der Waals surface area contributed by atoms with Crippen LogP contribution in [0.4, 0.5) is 0 Å². The van der Waals surface area contributed by atoms with Crippen LogP contribution < -0.4 is 5.32 Å². The third-order valence-corrected chi connectivity index (χ3v) is 4.49. The fourth-order valence-corrected chi connectivity index (χ4v) is 3.41. The van der Waals surface area contributed by atoms with Gasteiger partial charge in [-0.1, -0.05) is 43.5 Å². The summed E-state index contributed by atoms with van der Waals surface area (Å²) in [6.07, 6.45) is 0.919. The predicted molar refractivity (Wildman–Crippen MR) is 79.8 cm³/mol. The Morgan fingerprint density at radius 3 is 2.63 bits per heavy atom. The Bertz CT molecular complexity index is 526. The van der Waals surface area contributed by atoms with Crippen molar-refractivity contribution in [2.75, 3.05) is 13.1 Å². The summed E-state index contributed by atoms with van der Waals surface area (Å²) in [5.41, 5.74) is 0.990. The van der Waals surface area contributed by atoms with Gasteiger partial charge in [-0.05, 0) is 18.1 Å². The summed E-state index contributed by atoms with van der Waals surface area (Å²) in [6, 6.07) is 0. The van der Waals surface area contributed by atoms with Crippen LogP contribution in [0, 0.1) is 0 Å². The quantitative estimate of drug-likeness (QED) is 0.859. The fraction of sp³-hybridized carbons (Fsp3) is 0.667. The standard InChI is InChI=1S/C12H19N5S2/c1-5-13-7-6-8-14-16-11(18-8)9-10(12(2,3)4)15-17-19-9/h13H,5-7H2,1-4H3. The second-order valence-corrected chi connectivity index (χ2v) is 7.12. The van der Waals surface area contributed by atoms with E-state index in [1.807, 2.05) is 0 Å². The third-order valence-electron chi connectivity index (χ3n) is 2.63. The third kappa shape index (κ3) is 3.55. The van der Waals surface area contributed by atoms with Gasteiger partial charge in [-0.25, -0.2) is 0 Å². The molecule has 0 radical (unpaired) electrons. The van der Waals surface area contributed by atoms with Gasteiger partial charge in [-0.15, -0.1) is 15.3 Å². The average molecular weight is 297 g/mol. The van der Waals surface area contributed by atoms with Gasteiger partial charge < -0.3 is 5.32 Å². The van der Waals surface area contributed by atoms with Crippen molar-refractivity contribution in [3.05, 3.63) is 10.7 Å². The summed E-state index contributed by atoms with van der Waals surface area (Å²) in [7, 11) is 0. The lowest BCUT2D eigenvalue weighted by atomic mass is 9.91. The molecular formula is C12H19N5S2. The molecule has 0 atom stereocenters. The van der Waals surface area contributed by atoms with Gasteiger partial charge in [-0.2, -0.15) is 0 Å². The van der Waals surface area contributed by atoms with Crippen LogP contribution in [0.2, 0.25) is 0 Å². The van der Waals surface area contributed by atoms with E-state index in [0.717, 1.165) is 40.1 Å². The van der Waals surface area contributed by atoms with E-state index < -0.39 is 0 Å². The molecule has 0 spiro atoms. The summed E-state index contributed by atoms with van der Waals surface area (Å²) in [6.45, 7) is 10.4. The van der Waals surface area contributed by atoms with Crippen molar-refractivity contribution in [2.24, 2.45) is 0 Å². The Kier molecular flexibility index (Phi) is 4.59. The van der Waals surface area contributed by atoms with Gasteiger partial charge in [0.15, 0.2) is 5.01 Å². The number of nitrogens with zero attached hydrogens (tertiary/aromatic N) is 4. The minimum Gasteiger partial charge on any atom is -0.317 e. The van der Waals surface area contributed by atoms with E-state index in [0.29, 0.717) is 0 Å². The lowest BCUT2D eigenvalue weighted by molar-refractivity contribution is 0.568. The lowest BCUT2D eigenvalue weighted by Crippen LogP contribution is -2.15. The molecule has 7 heteroatoms. The first-order valence-electron chi connectivity index (χ1n) is 6.38. The van der Waals surface area contributed by atoms with E-state index >= 15 is 0 Å². The molecule has 19 heavy (non-hydrogen) atoms. The maximum Gasteiger partial charge on any atom is 0.161 e. The van der Waals surface area contributed by atoms with Crippen molar-refractivity contribution in [1.82, 2.24) is 25.1 Å². The molecule has 0 aromatic carbocycles. The van der Waals surface area contributed by atoms with Gasteiger partial charge in [0.1, 0.15) is 9.88 Å². The van der Waals surface area contributed by atoms with E-state index in [-0.39, 0.29) is 5.41 Å². The fourth-order valence-electron chi connectivity index (χ4n) is 1.64. The number of likely N-dealkylation sites (N-methyl/N-ethyl adjacent to an activating group) is 1. The van der Waals surface area contributed by atoms with Crippen LogP contribution in [0.3, 0.4) is 0 Å². The molecule has 0 aliphatic carbocycles. The summed E-state index contributed by atoms with van der Waals surface area (Å²) < 4.78 is 4.07. The molecule has 0 aliphatic heterocycles. The molecule has 2 aromatic rings. The van der Waals surface area contributed by atoms with Crippen molar-refractivity contribution in [2.45, 2.75) is 39.5 Å². The summed E-state index contributed by atoms with van der Waals surface area (Å²) >= 11 is 3.04. The maximum absolute atomic E-state index is 4.28. The molecule has 0 aliphatic rings. The largest absolute Gasteiger partial charge is 0.317 e. The number of aromatic nitrogens is 4. The molecule has 2 rings (SSSR count). The van der Waals surface area contributed by atoms with Crippen LogP contribution in [0.25, 0.3) is 9.88 Å². The summed E-state index contributed by atoms with van der Waals surface area (Å²) in [4.78, 5) is 1.06. The highest BCUT2D eigenvalue weighted by molar-refractivity contribution is 7.19. The molecule has 0 unspecified atom stereocenters. The Morgan fingerprint density at radius 2 is 1.95 bits per heavy atom. The van der Waals surface area contributed by atoms with Crippen LogP contribution in [0.5, 0.6) is 0 Å². The Balaban J connectivity index is 2.17. The molecule has 104 valence electrons. The number of hydrogen-bond acceptors (Lipinski definition) is 7. The Morgan fingerprint density at radius 1 is 1.16 bits per heavy atom. The second-order valence-electron chi connectivity index (χ2n) is 5.31. The monoisotopic (exact) mass is 297 g/mol. The van der Waals surface area contributed by atoms with E-state index in [4.69, 9.17) is 0 Å². The van der Waals surface area contributed by atoms with Crippen LogP contribution in [-0.2, 0) is 11.8 Å². The van der Waals surface area contributed by atoms with Crippen molar-refractivity contribution in [3.63, 3.8) is 0 Å². The van der Waals surface area contributed by atoms with Crippen molar-refractivity contribution in [1.29, 1.82) is 0 Å². The number of hydrogen-bond donors (Lipinski definition) is 1. The van der Waals surface area contributed by atoms with E-state index in [2.05, 4.69) is 52.8 Å². The SMILES string of the molecule is CCNCCc1nnc(-c2snnc2C(C)(C)C)s1. The van der Waals surface area contributed by atoms with E-state index in [1.54, 1.807) is 11.3 Å². The van der Waals surface area contributed by atoms with Crippen molar-refractivity contribution >= 4 is 22.9 Å².